The molecule has 0 aliphatic carbocycles. The Kier molecular flexibility index (Phi) is 2.22. The zero-order valence-corrected chi connectivity index (χ0v) is 6.47. The zero-order valence-electron chi connectivity index (χ0n) is 5.65. The number of ether oxygens (including phenoxy) is 1. The van der Waals surface area contributed by atoms with Crippen molar-refractivity contribution in [3.05, 3.63) is 18.3 Å². The second kappa shape index (κ2) is 3.16. The molecule has 4 nitrogen and oxygen atoms in total. The maximum absolute atomic E-state index is 5.42. The number of rotatable bonds is 1. The van der Waals surface area contributed by atoms with Gasteiger partial charge in [0.2, 0.25) is 0 Å². The molecule has 0 atom stereocenters. The third-order valence-corrected chi connectivity index (χ3v) is 1.09. The molecule has 0 spiro atoms. The normalized spacial score (nSPS) is 9.09. The molecular weight excluding hydrogens is 162 g/mol. The molecule has 0 saturated heterocycles. The number of nitrogens with zero attached hydrogens (tertiary/aromatic N) is 1. The number of aromatic nitrogens is 1. The molecule has 0 aromatic carbocycles. The van der Waals surface area contributed by atoms with Gasteiger partial charge in [-0.1, -0.05) is 0 Å². The molecule has 1 aromatic heterocycles. The van der Waals surface area contributed by atoms with Crippen LogP contribution in [-0.2, 0) is 0 Å². The largest absolute Gasteiger partial charge is 0.428 e. The predicted molar refractivity (Wildman–Crippen MR) is 46.1 cm³/mol. The van der Waals surface area contributed by atoms with Crippen molar-refractivity contribution in [2.24, 2.45) is 5.73 Å². The quantitative estimate of drug-likeness (QED) is 0.591. The lowest BCUT2D eigenvalue weighted by molar-refractivity contribution is 0.557. The van der Waals surface area contributed by atoms with E-state index in [1.54, 1.807) is 18.3 Å². The van der Waals surface area contributed by atoms with Crippen LogP contribution in [0.25, 0.3) is 0 Å². The van der Waals surface area contributed by atoms with Gasteiger partial charge in [-0.05, 0) is 24.4 Å². The maximum Gasteiger partial charge on any atom is 0.259 e. The van der Waals surface area contributed by atoms with Crippen molar-refractivity contribution < 1.29 is 4.74 Å². The summed E-state index contributed by atoms with van der Waals surface area (Å²) in [5.41, 5.74) is 10.5. The Balaban J connectivity index is 2.86. The van der Waals surface area contributed by atoms with E-state index < -0.39 is 0 Å². The van der Waals surface area contributed by atoms with Crippen molar-refractivity contribution in [3.63, 3.8) is 0 Å². The molecule has 0 bridgehead atoms. The lowest BCUT2D eigenvalue weighted by atomic mass is 10.4. The third kappa shape index (κ3) is 2.05. The van der Waals surface area contributed by atoms with Crippen LogP contribution < -0.4 is 16.2 Å². The summed E-state index contributed by atoms with van der Waals surface area (Å²) in [6, 6.07) is 3.32. The van der Waals surface area contributed by atoms with Crippen molar-refractivity contribution in [2.45, 2.75) is 0 Å². The molecule has 11 heavy (non-hydrogen) atoms. The molecule has 5 heteroatoms. The summed E-state index contributed by atoms with van der Waals surface area (Å²) >= 11 is 4.51. The molecule has 1 rings (SSSR count). The van der Waals surface area contributed by atoms with Gasteiger partial charge in [-0.2, -0.15) is 0 Å². The molecule has 0 unspecified atom stereocenters. The first kappa shape index (κ1) is 7.74. The van der Waals surface area contributed by atoms with Gasteiger partial charge in [-0.25, -0.2) is 4.98 Å². The minimum absolute atomic E-state index is 0.0651. The highest BCUT2D eigenvalue weighted by Crippen LogP contribution is 2.16. The monoisotopic (exact) mass is 169 g/mol. The van der Waals surface area contributed by atoms with Crippen LogP contribution in [0.15, 0.2) is 18.3 Å². The molecule has 0 aliphatic heterocycles. The lowest BCUT2D eigenvalue weighted by Gasteiger charge is -2.03. The molecule has 0 saturated carbocycles. The van der Waals surface area contributed by atoms with E-state index in [0.717, 1.165) is 0 Å². The van der Waals surface area contributed by atoms with Crippen LogP contribution in [-0.4, -0.2) is 10.2 Å². The Morgan fingerprint density at radius 3 is 2.91 bits per heavy atom. The fourth-order valence-corrected chi connectivity index (χ4v) is 0.687. The number of hydrogen-bond donors (Lipinski definition) is 2. The summed E-state index contributed by atoms with van der Waals surface area (Å²) in [5, 5.41) is -0.0651. The van der Waals surface area contributed by atoms with Gasteiger partial charge < -0.3 is 16.2 Å². The van der Waals surface area contributed by atoms with Crippen molar-refractivity contribution in [2.75, 3.05) is 5.73 Å². The van der Waals surface area contributed by atoms with E-state index in [-0.39, 0.29) is 11.0 Å². The number of nitrogens with two attached hydrogens (primary N) is 2. The van der Waals surface area contributed by atoms with Gasteiger partial charge >= 0.3 is 0 Å². The highest BCUT2D eigenvalue weighted by Gasteiger charge is 1.99. The van der Waals surface area contributed by atoms with Gasteiger partial charge in [0.25, 0.3) is 5.17 Å². The Hall–Kier alpha value is -1.36. The van der Waals surface area contributed by atoms with E-state index >= 15 is 0 Å². The van der Waals surface area contributed by atoms with Gasteiger partial charge in [0, 0.05) is 6.20 Å². The summed E-state index contributed by atoms with van der Waals surface area (Å²) in [6.45, 7) is 0. The first-order chi connectivity index (χ1) is 5.20. The van der Waals surface area contributed by atoms with Crippen LogP contribution in [0, 0.1) is 0 Å². The average molecular weight is 169 g/mol. The van der Waals surface area contributed by atoms with Crippen molar-refractivity contribution >= 4 is 23.2 Å². The molecule has 4 N–H and O–H groups in total. The first-order valence-corrected chi connectivity index (χ1v) is 3.29. The predicted octanol–water partition coefficient (Wildman–Crippen LogP) is 0.286. The average Bonchev–Trinajstić information content (AvgIpc) is 1.93. The van der Waals surface area contributed by atoms with Crippen LogP contribution in [0.4, 0.5) is 5.82 Å². The maximum atomic E-state index is 5.42. The first-order valence-electron chi connectivity index (χ1n) is 2.88. The van der Waals surface area contributed by atoms with E-state index in [9.17, 15) is 0 Å². The van der Waals surface area contributed by atoms with Crippen LogP contribution in [0.5, 0.6) is 5.75 Å². The molecular formula is C6H7N3OS. The standard InChI is InChI=1S/C6H7N3OS/c7-5-4(10-6(8)11)2-1-3-9-5/h1-3H,(H2,7,9)(H2,8,11). The Bertz CT molecular complexity index is 276. The topological polar surface area (TPSA) is 74.2 Å². The SMILES string of the molecule is NC(=S)Oc1cccnc1N. The van der Waals surface area contributed by atoms with Crippen LogP contribution in [0.2, 0.25) is 0 Å². The summed E-state index contributed by atoms with van der Waals surface area (Å²) in [7, 11) is 0. The number of anilines is 1. The zero-order chi connectivity index (χ0) is 8.27. The number of pyridine rings is 1. The summed E-state index contributed by atoms with van der Waals surface area (Å²) in [6.07, 6.45) is 1.56. The summed E-state index contributed by atoms with van der Waals surface area (Å²) < 4.78 is 4.87. The Labute approximate surface area is 69.2 Å². The molecule has 0 aliphatic rings. The molecule has 0 fully saturated rings. The Morgan fingerprint density at radius 2 is 2.36 bits per heavy atom. The highest BCUT2D eigenvalue weighted by atomic mass is 32.1. The van der Waals surface area contributed by atoms with Crippen molar-refractivity contribution in [1.29, 1.82) is 0 Å². The number of thiocarbonyl (C=S) groups is 1. The molecule has 0 radical (unpaired) electrons. The van der Waals surface area contributed by atoms with E-state index in [1.807, 2.05) is 0 Å². The lowest BCUT2D eigenvalue weighted by Crippen LogP contribution is -2.16. The third-order valence-electron chi connectivity index (χ3n) is 1.01. The summed E-state index contributed by atoms with van der Waals surface area (Å²) in [4.78, 5) is 3.77. The van der Waals surface area contributed by atoms with E-state index in [0.29, 0.717) is 5.75 Å². The van der Waals surface area contributed by atoms with E-state index in [1.165, 1.54) is 0 Å². The molecule has 0 amide bonds. The van der Waals surface area contributed by atoms with Crippen LogP contribution in [0.3, 0.4) is 0 Å². The van der Waals surface area contributed by atoms with Gasteiger partial charge in [0.15, 0.2) is 11.6 Å². The van der Waals surface area contributed by atoms with Crippen molar-refractivity contribution in [3.8, 4) is 5.75 Å². The van der Waals surface area contributed by atoms with E-state index in [4.69, 9.17) is 16.2 Å². The van der Waals surface area contributed by atoms with Crippen LogP contribution >= 0.6 is 12.2 Å². The second-order valence-corrected chi connectivity index (χ2v) is 2.21. The van der Waals surface area contributed by atoms with Gasteiger partial charge in [0.05, 0.1) is 0 Å². The fraction of sp³-hybridized carbons (Fsp3) is 0. The van der Waals surface area contributed by atoms with Gasteiger partial charge in [-0.3, -0.25) is 0 Å². The Morgan fingerprint density at radius 1 is 1.64 bits per heavy atom. The smallest absolute Gasteiger partial charge is 0.259 e. The second-order valence-electron chi connectivity index (χ2n) is 1.81. The number of nitrogen functional groups attached to an aromatic ring is 1. The highest BCUT2D eigenvalue weighted by molar-refractivity contribution is 7.80. The molecule has 58 valence electrons. The van der Waals surface area contributed by atoms with Crippen LogP contribution in [0.1, 0.15) is 0 Å². The van der Waals surface area contributed by atoms with Gasteiger partial charge in [-0.15, -0.1) is 0 Å². The summed E-state index contributed by atoms with van der Waals surface area (Å²) in [5.74, 6) is 0.667. The number of hydrogen-bond acceptors (Lipinski definition) is 4. The minimum Gasteiger partial charge on any atom is -0.428 e. The molecule has 1 aromatic rings. The van der Waals surface area contributed by atoms with Crippen molar-refractivity contribution in [1.82, 2.24) is 4.98 Å². The van der Waals surface area contributed by atoms with E-state index in [2.05, 4.69) is 17.2 Å². The fourth-order valence-electron chi connectivity index (χ4n) is 0.597. The van der Waals surface area contributed by atoms with Gasteiger partial charge in [0.1, 0.15) is 0 Å². The minimum atomic E-state index is -0.0651. The molecule has 1 heterocycles.